The zero-order valence-electron chi connectivity index (χ0n) is 7.45. The molecule has 2 nitrogen and oxygen atoms in total. The second kappa shape index (κ2) is 5.35. The topological polar surface area (TPSA) is 26.3 Å². The molecule has 0 aromatic heterocycles. The van der Waals surface area contributed by atoms with Crippen molar-refractivity contribution in [1.82, 2.24) is 0 Å². The summed E-state index contributed by atoms with van der Waals surface area (Å²) in [4.78, 5) is 10.3. The van der Waals surface area contributed by atoms with Crippen LogP contribution in [0.25, 0.3) is 0 Å². The molecule has 0 amide bonds. The van der Waals surface area contributed by atoms with Gasteiger partial charge in [-0.15, -0.1) is 0 Å². The number of halogens is 2. The number of rotatable bonds is 5. The van der Waals surface area contributed by atoms with Gasteiger partial charge in [0, 0.05) is 0 Å². The number of benzene rings is 1. The van der Waals surface area contributed by atoms with Crippen LogP contribution in [0.1, 0.15) is 5.56 Å². The highest BCUT2D eigenvalue weighted by Crippen LogP contribution is 2.18. The largest absolute Gasteiger partial charge is 0.373 e. The summed E-state index contributed by atoms with van der Waals surface area (Å²) in [6.07, 6.45) is 0.459. The van der Waals surface area contributed by atoms with Gasteiger partial charge in [0.05, 0.1) is 13.2 Å². The molecule has 1 aromatic carbocycles. The summed E-state index contributed by atoms with van der Waals surface area (Å²) in [5.41, 5.74) is 1.02. The maximum absolute atomic E-state index is 10.3. The van der Waals surface area contributed by atoms with Gasteiger partial charge in [0.2, 0.25) is 0 Å². The van der Waals surface area contributed by atoms with Gasteiger partial charge < -0.3 is 4.74 Å². The lowest BCUT2D eigenvalue weighted by Crippen LogP contribution is -2.22. The maximum Gasteiger partial charge on any atom is 0.195 e. The van der Waals surface area contributed by atoms with Gasteiger partial charge in [-0.25, -0.2) is 0 Å². The molecule has 1 aromatic rings. The average Bonchev–Trinajstić information content (AvgIpc) is 2.19. The fourth-order valence-electron chi connectivity index (χ4n) is 0.913. The molecule has 0 fully saturated rings. The van der Waals surface area contributed by atoms with Gasteiger partial charge in [0.1, 0.15) is 0 Å². The van der Waals surface area contributed by atoms with Gasteiger partial charge in [0.25, 0.3) is 0 Å². The van der Waals surface area contributed by atoms with E-state index in [1.807, 2.05) is 30.3 Å². The first-order valence-corrected chi connectivity index (χ1v) is 4.85. The first-order valence-electron chi connectivity index (χ1n) is 4.10. The molecule has 0 heterocycles. The molecule has 1 rings (SSSR count). The lowest BCUT2D eigenvalue weighted by Gasteiger charge is -2.11. The van der Waals surface area contributed by atoms with Gasteiger partial charge in [0.15, 0.2) is 10.6 Å². The highest BCUT2D eigenvalue weighted by atomic mass is 35.5. The number of hydrogen-bond donors (Lipinski definition) is 0. The average molecular weight is 233 g/mol. The minimum atomic E-state index is -1.44. The van der Waals surface area contributed by atoms with Crippen molar-refractivity contribution in [3.05, 3.63) is 35.9 Å². The molecule has 0 spiro atoms. The van der Waals surface area contributed by atoms with Gasteiger partial charge in [-0.2, -0.15) is 0 Å². The van der Waals surface area contributed by atoms with Crippen LogP contribution < -0.4 is 0 Å². The molecule has 0 saturated carbocycles. The lowest BCUT2D eigenvalue weighted by atomic mass is 10.2. The predicted molar refractivity (Wildman–Crippen MR) is 56.6 cm³/mol. The smallest absolute Gasteiger partial charge is 0.195 e. The second-order valence-corrected chi connectivity index (χ2v) is 4.40. The summed E-state index contributed by atoms with van der Waals surface area (Å²) < 4.78 is 3.74. The first-order chi connectivity index (χ1) is 6.64. The quantitative estimate of drug-likeness (QED) is 0.577. The Morgan fingerprint density at radius 1 is 1.29 bits per heavy atom. The van der Waals surface area contributed by atoms with Crippen molar-refractivity contribution >= 4 is 29.5 Å². The number of hydrogen-bond acceptors (Lipinski definition) is 2. The molecule has 76 valence electrons. The Kier molecular flexibility index (Phi) is 4.39. The predicted octanol–water partition coefficient (Wildman–Crippen LogP) is 2.58. The zero-order chi connectivity index (χ0) is 10.4. The van der Waals surface area contributed by atoms with Crippen molar-refractivity contribution in [2.45, 2.75) is 10.9 Å². The van der Waals surface area contributed by atoms with Crippen molar-refractivity contribution in [2.24, 2.45) is 0 Å². The Bertz CT molecular complexity index is 285. The molecular formula is C10H10Cl2O2. The summed E-state index contributed by atoms with van der Waals surface area (Å²) >= 11 is 11.1. The molecule has 4 heteroatoms. The molecule has 0 aliphatic heterocycles. The molecule has 0 atom stereocenters. The lowest BCUT2D eigenvalue weighted by molar-refractivity contribution is -0.109. The number of carbonyl (C=O) groups is 1. The van der Waals surface area contributed by atoms with E-state index < -0.39 is 4.33 Å². The SMILES string of the molecule is O=CC(Cl)(Cl)COCc1ccccc1. The van der Waals surface area contributed by atoms with Crippen LogP contribution in [0.15, 0.2) is 30.3 Å². The van der Waals surface area contributed by atoms with Gasteiger partial charge in [-0.1, -0.05) is 53.5 Å². The molecule has 0 bridgehead atoms. The van der Waals surface area contributed by atoms with E-state index in [1.165, 1.54) is 0 Å². The van der Waals surface area contributed by atoms with E-state index in [0.717, 1.165) is 5.56 Å². The summed E-state index contributed by atoms with van der Waals surface area (Å²) in [6, 6.07) is 9.58. The molecule has 0 aliphatic carbocycles. The number of ether oxygens (including phenoxy) is 1. The van der Waals surface area contributed by atoms with Crippen LogP contribution >= 0.6 is 23.2 Å². The molecule has 0 radical (unpaired) electrons. The van der Waals surface area contributed by atoms with E-state index in [1.54, 1.807) is 0 Å². The fourth-order valence-corrected chi connectivity index (χ4v) is 1.07. The normalized spacial score (nSPS) is 11.3. The van der Waals surface area contributed by atoms with Crippen molar-refractivity contribution < 1.29 is 9.53 Å². The monoisotopic (exact) mass is 232 g/mol. The Hall–Kier alpha value is -0.570. The van der Waals surface area contributed by atoms with Crippen LogP contribution in [0, 0.1) is 0 Å². The maximum atomic E-state index is 10.3. The van der Waals surface area contributed by atoms with Crippen molar-refractivity contribution in [3.8, 4) is 0 Å². The third-order valence-corrected chi connectivity index (χ3v) is 1.97. The van der Waals surface area contributed by atoms with Crippen molar-refractivity contribution in [3.63, 3.8) is 0 Å². The van der Waals surface area contributed by atoms with Gasteiger partial charge >= 0.3 is 0 Å². The van der Waals surface area contributed by atoms with Crippen LogP contribution in [0.4, 0.5) is 0 Å². The molecule has 14 heavy (non-hydrogen) atoms. The summed E-state index contributed by atoms with van der Waals surface area (Å²) in [6.45, 7) is 0.393. The Balaban J connectivity index is 2.32. The minimum absolute atomic E-state index is 0.00545. The third kappa shape index (κ3) is 4.09. The molecule has 0 aliphatic rings. The molecule has 0 N–H and O–H groups in total. The van der Waals surface area contributed by atoms with E-state index in [4.69, 9.17) is 27.9 Å². The van der Waals surface area contributed by atoms with E-state index in [0.29, 0.717) is 12.9 Å². The Labute approximate surface area is 92.8 Å². The number of carbonyl (C=O) groups excluding carboxylic acids is 1. The Morgan fingerprint density at radius 3 is 2.50 bits per heavy atom. The Morgan fingerprint density at radius 2 is 1.93 bits per heavy atom. The highest BCUT2D eigenvalue weighted by Gasteiger charge is 2.22. The van der Waals surface area contributed by atoms with Crippen LogP contribution in [-0.4, -0.2) is 17.2 Å². The number of aldehydes is 1. The van der Waals surface area contributed by atoms with Gasteiger partial charge in [-0.05, 0) is 5.56 Å². The highest BCUT2D eigenvalue weighted by molar-refractivity contribution is 6.55. The number of alkyl halides is 2. The first kappa shape index (κ1) is 11.5. The minimum Gasteiger partial charge on any atom is -0.373 e. The molecule has 0 unspecified atom stereocenters. The van der Waals surface area contributed by atoms with E-state index >= 15 is 0 Å². The molecule has 0 saturated heterocycles. The van der Waals surface area contributed by atoms with Crippen LogP contribution in [0.5, 0.6) is 0 Å². The van der Waals surface area contributed by atoms with E-state index in [-0.39, 0.29) is 6.61 Å². The second-order valence-electron chi connectivity index (χ2n) is 2.86. The van der Waals surface area contributed by atoms with Crippen molar-refractivity contribution in [2.75, 3.05) is 6.61 Å². The van der Waals surface area contributed by atoms with Crippen LogP contribution in [-0.2, 0) is 16.1 Å². The van der Waals surface area contributed by atoms with Crippen LogP contribution in [0.3, 0.4) is 0 Å². The van der Waals surface area contributed by atoms with E-state index in [9.17, 15) is 4.79 Å². The standard InChI is InChI=1S/C10H10Cl2O2/c11-10(12,7-13)8-14-6-9-4-2-1-3-5-9/h1-5,7H,6,8H2. The third-order valence-electron chi connectivity index (χ3n) is 1.58. The van der Waals surface area contributed by atoms with Gasteiger partial charge in [-0.3, -0.25) is 4.79 Å². The summed E-state index contributed by atoms with van der Waals surface area (Å²) in [7, 11) is 0. The summed E-state index contributed by atoms with van der Waals surface area (Å²) in [5.74, 6) is 0. The van der Waals surface area contributed by atoms with Crippen molar-refractivity contribution in [1.29, 1.82) is 0 Å². The van der Waals surface area contributed by atoms with Crippen LogP contribution in [0.2, 0.25) is 0 Å². The molecular weight excluding hydrogens is 223 g/mol. The summed E-state index contributed by atoms with van der Waals surface area (Å²) in [5, 5.41) is 0. The fraction of sp³-hybridized carbons (Fsp3) is 0.300. The van der Waals surface area contributed by atoms with E-state index in [2.05, 4.69) is 0 Å². The zero-order valence-corrected chi connectivity index (χ0v) is 8.96.